The Morgan fingerprint density at radius 1 is 1.40 bits per heavy atom. The molecule has 4 unspecified atom stereocenters. The lowest BCUT2D eigenvalue weighted by molar-refractivity contribution is -0.149. The molecular weight excluding hydrogens is 216 g/mol. The molecule has 0 aromatic carbocycles. The van der Waals surface area contributed by atoms with Crippen molar-refractivity contribution in [1.29, 1.82) is 0 Å². The topological polar surface area (TPSA) is 27.7 Å². The van der Waals surface area contributed by atoms with Gasteiger partial charge in [-0.2, -0.15) is 0 Å². The molecule has 0 amide bonds. The number of hydrogen-bond donors (Lipinski definition) is 0. The van der Waals surface area contributed by atoms with E-state index in [9.17, 15) is 0 Å². The SMILES string of the molecule is CCC(C)OC1CC(Cl)C1OCCOC. The Balaban J connectivity index is 2.21. The van der Waals surface area contributed by atoms with Gasteiger partial charge >= 0.3 is 0 Å². The second-order valence-electron chi connectivity index (χ2n) is 3.97. The van der Waals surface area contributed by atoms with Gasteiger partial charge in [0, 0.05) is 7.11 Å². The van der Waals surface area contributed by atoms with Crippen LogP contribution in [0.1, 0.15) is 26.7 Å². The fourth-order valence-corrected chi connectivity index (χ4v) is 1.94. The van der Waals surface area contributed by atoms with E-state index in [1.165, 1.54) is 0 Å². The zero-order valence-electron chi connectivity index (χ0n) is 9.74. The summed E-state index contributed by atoms with van der Waals surface area (Å²) in [6, 6.07) is 0. The third kappa shape index (κ3) is 3.91. The molecule has 0 aliphatic heterocycles. The number of ether oxygens (including phenoxy) is 3. The van der Waals surface area contributed by atoms with E-state index in [1.54, 1.807) is 7.11 Å². The highest BCUT2D eigenvalue weighted by Crippen LogP contribution is 2.32. The summed E-state index contributed by atoms with van der Waals surface area (Å²) in [5.74, 6) is 0. The Bertz CT molecular complexity index is 177. The van der Waals surface area contributed by atoms with Gasteiger partial charge in [0.1, 0.15) is 6.10 Å². The molecular formula is C11H21ClO3. The van der Waals surface area contributed by atoms with Crippen molar-refractivity contribution in [3.8, 4) is 0 Å². The summed E-state index contributed by atoms with van der Waals surface area (Å²) in [6.45, 7) is 5.39. The van der Waals surface area contributed by atoms with E-state index < -0.39 is 0 Å². The number of alkyl halides is 1. The highest BCUT2D eigenvalue weighted by atomic mass is 35.5. The molecule has 15 heavy (non-hydrogen) atoms. The van der Waals surface area contributed by atoms with Crippen LogP contribution in [0.25, 0.3) is 0 Å². The molecule has 3 nitrogen and oxygen atoms in total. The first-order chi connectivity index (χ1) is 7.19. The normalized spacial score (nSPS) is 32.4. The molecule has 90 valence electrons. The highest BCUT2D eigenvalue weighted by molar-refractivity contribution is 6.21. The van der Waals surface area contributed by atoms with E-state index in [0.29, 0.717) is 13.2 Å². The van der Waals surface area contributed by atoms with Crippen molar-refractivity contribution in [3.05, 3.63) is 0 Å². The summed E-state index contributed by atoms with van der Waals surface area (Å²) in [5, 5.41) is 0.0934. The molecule has 0 spiro atoms. The number of rotatable bonds is 7. The van der Waals surface area contributed by atoms with E-state index >= 15 is 0 Å². The molecule has 1 saturated carbocycles. The Morgan fingerprint density at radius 3 is 2.67 bits per heavy atom. The van der Waals surface area contributed by atoms with Crippen LogP contribution in [-0.4, -0.2) is 44.0 Å². The van der Waals surface area contributed by atoms with E-state index in [4.69, 9.17) is 25.8 Å². The number of halogens is 1. The van der Waals surface area contributed by atoms with Crippen molar-refractivity contribution in [3.63, 3.8) is 0 Å². The molecule has 4 heteroatoms. The van der Waals surface area contributed by atoms with Gasteiger partial charge in [-0.15, -0.1) is 11.6 Å². The second-order valence-corrected chi connectivity index (χ2v) is 4.53. The Hall–Kier alpha value is 0.170. The van der Waals surface area contributed by atoms with Crippen LogP contribution < -0.4 is 0 Å². The first kappa shape index (κ1) is 13.2. The van der Waals surface area contributed by atoms with Crippen LogP contribution in [0.15, 0.2) is 0 Å². The molecule has 1 fully saturated rings. The fraction of sp³-hybridized carbons (Fsp3) is 1.00. The molecule has 0 bridgehead atoms. The summed E-state index contributed by atoms with van der Waals surface area (Å²) in [7, 11) is 1.66. The van der Waals surface area contributed by atoms with Gasteiger partial charge in [0.05, 0.1) is 30.8 Å². The van der Waals surface area contributed by atoms with Gasteiger partial charge < -0.3 is 14.2 Å². The summed E-state index contributed by atoms with van der Waals surface area (Å²) in [4.78, 5) is 0. The largest absolute Gasteiger partial charge is 0.382 e. The molecule has 0 aromatic heterocycles. The van der Waals surface area contributed by atoms with Gasteiger partial charge in [-0.05, 0) is 19.8 Å². The molecule has 0 saturated heterocycles. The first-order valence-corrected chi connectivity index (χ1v) is 6.02. The molecule has 0 heterocycles. The number of hydrogen-bond acceptors (Lipinski definition) is 3. The predicted octanol–water partition coefficient (Wildman–Crippen LogP) is 2.21. The quantitative estimate of drug-likeness (QED) is 0.501. The molecule has 1 rings (SSSR count). The monoisotopic (exact) mass is 236 g/mol. The van der Waals surface area contributed by atoms with Crippen LogP contribution in [0.2, 0.25) is 0 Å². The summed E-state index contributed by atoms with van der Waals surface area (Å²) >= 11 is 6.07. The van der Waals surface area contributed by atoms with Crippen LogP contribution in [-0.2, 0) is 14.2 Å². The van der Waals surface area contributed by atoms with Gasteiger partial charge in [0.25, 0.3) is 0 Å². The van der Waals surface area contributed by atoms with Crippen molar-refractivity contribution in [2.24, 2.45) is 0 Å². The summed E-state index contributed by atoms with van der Waals surface area (Å²) < 4.78 is 16.3. The molecule has 1 aliphatic carbocycles. The van der Waals surface area contributed by atoms with E-state index in [-0.39, 0.29) is 23.7 Å². The van der Waals surface area contributed by atoms with E-state index in [0.717, 1.165) is 12.8 Å². The fourth-order valence-electron chi connectivity index (χ4n) is 1.53. The van der Waals surface area contributed by atoms with Gasteiger partial charge in [-0.3, -0.25) is 0 Å². The maximum Gasteiger partial charge on any atom is 0.100 e. The van der Waals surface area contributed by atoms with Gasteiger partial charge in [-0.25, -0.2) is 0 Å². The Labute approximate surface area is 97.0 Å². The molecule has 1 aliphatic rings. The highest BCUT2D eigenvalue weighted by Gasteiger charge is 2.42. The standard InChI is InChI=1S/C11H21ClO3/c1-4-8(2)15-10-7-9(12)11(10)14-6-5-13-3/h8-11H,4-7H2,1-3H3. The number of methoxy groups -OCH3 is 1. The minimum atomic E-state index is 0.0378. The molecule has 4 atom stereocenters. The van der Waals surface area contributed by atoms with E-state index in [1.807, 2.05) is 0 Å². The average molecular weight is 237 g/mol. The van der Waals surface area contributed by atoms with Crippen LogP contribution >= 0.6 is 11.6 Å². The third-order valence-electron chi connectivity index (χ3n) is 2.76. The van der Waals surface area contributed by atoms with Crippen LogP contribution in [0.4, 0.5) is 0 Å². The Morgan fingerprint density at radius 2 is 2.13 bits per heavy atom. The minimum Gasteiger partial charge on any atom is -0.382 e. The van der Waals surface area contributed by atoms with Crippen molar-refractivity contribution in [1.82, 2.24) is 0 Å². The maximum absolute atomic E-state index is 6.07. The van der Waals surface area contributed by atoms with Gasteiger partial charge in [-0.1, -0.05) is 6.92 Å². The molecule has 0 aromatic rings. The minimum absolute atomic E-state index is 0.0378. The van der Waals surface area contributed by atoms with E-state index in [2.05, 4.69) is 13.8 Å². The third-order valence-corrected chi connectivity index (χ3v) is 3.19. The first-order valence-electron chi connectivity index (χ1n) is 5.59. The second kappa shape index (κ2) is 6.69. The van der Waals surface area contributed by atoms with Crippen molar-refractivity contribution in [2.75, 3.05) is 20.3 Å². The summed E-state index contributed by atoms with van der Waals surface area (Å²) in [5.41, 5.74) is 0. The van der Waals surface area contributed by atoms with Crippen LogP contribution in [0.3, 0.4) is 0 Å². The lowest BCUT2D eigenvalue weighted by atomic mass is 9.90. The average Bonchev–Trinajstić information content (AvgIpc) is 2.23. The van der Waals surface area contributed by atoms with Crippen molar-refractivity contribution >= 4 is 11.6 Å². The van der Waals surface area contributed by atoms with Gasteiger partial charge in [0.2, 0.25) is 0 Å². The zero-order valence-corrected chi connectivity index (χ0v) is 10.5. The smallest absolute Gasteiger partial charge is 0.100 e. The lowest BCUT2D eigenvalue weighted by Gasteiger charge is -2.41. The van der Waals surface area contributed by atoms with Crippen LogP contribution in [0, 0.1) is 0 Å². The Kier molecular flexibility index (Phi) is 5.90. The van der Waals surface area contributed by atoms with Crippen molar-refractivity contribution in [2.45, 2.75) is 50.4 Å². The van der Waals surface area contributed by atoms with Gasteiger partial charge in [0.15, 0.2) is 0 Å². The lowest BCUT2D eigenvalue weighted by Crippen LogP contribution is -2.52. The maximum atomic E-state index is 6.07. The van der Waals surface area contributed by atoms with Crippen molar-refractivity contribution < 1.29 is 14.2 Å². The predicted molar refractivity (Wildman–Crippen MR) is 60.5 cm³/mol. The molecule has 0 radical (unpaired) electrons. The zero-order chi connectivity index (χ0) is 11.3. The molecule has 0 N–H and O–H groups in total. The van der Waals surface area contributed by atoms with Crippen LogP contribution in [0.5, 0.6) is 0 Å². The summed E-state index contributed by atoms with van der Waals surface area (Å²) in [6.07, 6.45) is 2.40.